The summed E-state index contributed by atoms with van der Waals surface area (Å²) in [6.07, 6.45) is 6.52. The van der Waals surface area contributed by atoms with Gasteiger partial charge in [-0.15, -0.1) is 0 Å². The Labute approximate surface area is 105 Å². The third-order valence-electron chi connectivity index (χ3n) is 3.13. The maximum absolute atomic E-state index is 5.87. The van der Waals surface area contributed by atoms with Crippen LogP contribution < -0.4 is 5.73 Å². The van der Waals surface area contributed by atoms with Crippen molar-refractivity contribution >= 4 is 0 Å². The van der Waals surface area contributed by atoms with Crippen molar-refractivity contribution in [2.45, 2.75) is 18.9 Å². The number of nitrogens with zero attached hydrogens (tertiary/aromatic N) is 1. The van der Waals surface area contributed by atoms with Crippen LogP contribution in [-0.4, -0.2) is 58.0 Å². The molecule has 0 aromatic heterocycles. The van der Waals surface area contributed by atoms with Gasteiger partial charge >= 0.3 is 0 Å². The Morgan fingerprint density at radius 3 is 2.53 bits per heavy atom. The van der Waals surface area contributed by atoms with Crippen LogP contribution >= 0.6 is 0 Å². The average molecular weight is 242 g/mol. The van der Waals surface area contributed by atoms with E-state index in [1.807, 2.05) is 0 Å². The smallest absolute Gasteiger partial charge is 0.0589 e. The molecule has 0 heterocycles. The van der Waals surface area contributed by atoms with Crippen molar-refractivity contribution in [3.8, 4) is 0 Å². The van der Waals surface area contributed by atoms with E-state index in [1.54, 1.807) is 14.2 Å². The summed E-state index contributed by atoms with van der Waals surface area (Å²) in [5, 5.41) is 0. The van der Waals surface area contributed by atoms with Crippen LogP contribution in [0.1, 0.15) is 12.8 Å². The highest BCUT2D eigenvalue weighted by molar-refractivity contribution is 5.05. The Kier molecular flexibility index (Phi) is 7.44. The van der Waals surface area contributed by atoms with Crippen LogP contribution in [0.4, 0.5) is 0 Å². The maximum atomic E-state index is 5.87. The molecule has 1 aliphatic rings. The Morgan fingerprint density at radius 1 is 1.18 bits per heavy atom. The maximum Gasteiger partial charge on any atom is 0.0589 e. The normalized spacial score (nSPS) is 23.8. The minimum atomic E-state index is 0.253. The van der Waals surface area contributed by atoms with Crippen LogP contribution in [0.2, 0.25) is 0 Å². The van der Waals surface area contributed by atoms with Crippen LogP contribution in [0.15, 0.2) is 12.2 Å². The van der Waals surface area contributed by atoms with Crippen molar-refractivity contribution in [2.75, 3.05) is 47.1 Å². The van der Waals surface area contributed by atoms with E-state index in [2.05, 4.69) is 17.1 Å². The lowest BCUT2D eigenvalue weighted by Crippen LogP contribution is -2.33. The molecule has 1 aliphatic carbocycles. The van der Waals surface area contributed by atoms with Gasteiger partial charge in [0.2, 0.25) is 0 Å². The fourth-order valence-corrected chi connectivity index (χ4v) is 2.22. The fourth-order valence-electron chi connectivity index (χ4n) is 2.22. The summed E-state index contributed by atoms with van der Waals surface area (Å²) in [6, 6.07) is 0.253. The number of hydrogen-bond donors (Lipinski definition) is 1. The average Bonchev–Trinajstić information content (AvgIpc) is 2.72. The second-order valence-electron chi connectivity index (χ2n) is 4.68. The summed E-state index contributed by atoms with van der Waals surface area (Å²) >= 11 is 0. The second kappa shape index (κ2) is 8.64. The van der Waals surface area contributed by atoms with Crippen molar-refractivity contribution < 1.29 is 9.47 Å². The molecule has 2 unspecified atom stereocenters. The van der Waals surface area contributed by atoms with Crippen molar-refractivity contribution in [1.29, 1.82) is 0 Å². The lowest BCUT2D eigenvalue weighted by atomic mass is 10.1. The first-order valence-corrected chi connectivity index (χ1v) is 6.40. The molecule has 0 aromatic carbocycles. The highest BCUT2D eigenvalue weighted by Crippen LogP contribution is 2.17. The van der Waals surface area contributed by atoms with Crippen LogP contribution in [0.5, 0.6) is 0 Å². The Hall–Kier alpha value is -0.420. The molecule has 2 atom stereocenters. The number of nitrogens with two attached hydrogens (primary N) is 1. The van der Waals surface area contributed by atoms with Crippen molar-refractivity contribution in [3.05, 3.63) is 12.2 Å². The molecular weight excluding hydrogens is 216 g/mol. The lowest BCUT2D eigenvalue weighted by molar-refractivity contribution is 0.126. The topological polar surface area (TPSA) is 47.7 Å². The summed E-state index contributed by atoms with van der Waals surface area (Å²) in [4.78, 5) is 2.44. The van der Waals surface area contributed by atoms with Gasteiger partial charge < -0.3 is 20.1 Å². The molecule has 2 N–H and O–H groups in total. The van der Waals surface area contributed by atoms with E-state index >= 15 is 0 Å². The van der Waals surface area contributed by atoms with E-state index in [0.717, 1.165) is 45.7 Å². The predicted octanol–water partition coefficient (Wildman–Crippen LogP) is 0.875. The fraction of sp³-hybridized carbons (Fsp3) is 0.846. The van der Waals surface area contributed by atoms with Crippen molar-refractivity contribution in [1.82, 2.24) is 4.90 Å². The summed E-state index contributed by atoms with van der Waals surface area (Å²) in [5.74, 6) is 0.601. The number of hydrogen-bond acceptors (Lipinski definition) is 4. The molecule has 0 amide bonds. The molecular formula is C13H26N2O2. The van der Waals surface area contributed by atoms with Gasteiger partial charge in [0.25, 0.3) is 0 Å². The molecule has 0 radical (unpaired) electrons. The predicted molar refractivity (Wildman–Crippen MR) is 70.0 cm³/mol. The zero-order chi connectivity index (χ0) is 12.5. The van der Waals surface area contributed by atoms with E-state index < -0.39 is 0 Å². The number of methoxy groups -OCH3 is 2. The lowest BCUT2D eigenvalue weighted by Gasteiger charge is -2.24. The highest BCUT2D eigenvalue weighted by atomic mass is 16.5. The van der Waals surface area contributed by atoms with Gasteiger partial charge in [-0.1, -0.05) is 12.2 Å². The van der Waals surface area contributed by atoms with Crippen LogP contribution in [0.3, 0.4) is 0 Å². The molecule has 0 saturated heterocycles. The van der Waals surface area contributed by atoms with Gasteiger partial charge in [-0.2, -0.15) is 0 Å². The van der Waals surface area contributed by atoms with Crippen molar-refractivity contribution in [2.24, 2.45) is 11.7 Å². The quantitative estimate of drug-likeness (QED) is 0.481. The first-order valence-electron chi connectivity index (χ1n) is 6.40. The SMILES string of the molecule is COCCCN(CCOC)CC1C=CC(N)C1. The van der Waals surface area contributed by atoms with E-state index in [-0.39, 0.29) is 6.04 Å². The minimum Gasteiger partial charge on any atom is -0.385 e. The van der Waals surface area contributed by atoms with Gasteiger partial charge in [-0.3, -0.25) is 0 Å². The monoisotopic (exact) mass is 242 g/mol. The van der Waals surface area contributed by atoms with Gasteiger partial charge in [0, 0.05) is 46.5 Å². The molecule has 0 spiro atoms. The number of ether oxygens (including phenoxy) is 2. The summed E-state index contributed by atoms with van der Waals surface area (Å²) in [5.41, 5.74) is 5.87. The van der Waals surface area contributed by atoms with Crippen molar-refractivity contribution in [3.63, 3.8) is 0 Å². The minimum absolute atomic E-state index is 0.253. The summed E-state index contributed by atoms with van der Waals surface area (Å²) < 4.78 is 10.2. The molecule has 0 aromatic rings. The van der Waals surface area contributed by atoms with Gasteiger partial charge in [0.15, 0.2) is 0 Å². The van der Waals surface area contributed by atoms with Crippen LogP contribution in [0, 0.1) is 5.92 Å². The van der Waals surface area contributed by atoms with Gasteiger partial charge in [0.05, 0.1) is 6.61 Å². The molecule has 1 rings (SSSR count). The standard InChI is InChI=1S/C13H26N2O2/c1-16-8-3-6-15(7-9-17-2)11-12-4-5-13(14)10-12/h4-5,12-13H,3,6-11,14H2,1-2H3. The molecule has 0 bridgehead atoms. The molecule has 100 valence electrons. The Morgan fingerprint density at radius 2 is 1.94 bits per heavy atom. The number of rotatable bonds is 9. The van der Waals surface area contributed by atoms with Crippen LogP contribution in [-0.2, 0) is 9.47 Å². The van der Waals surface area contributed by atoms with Gasteiger partial charge in [0.1, 0.15) is 0 Å². The summed E-state index contributed by atoms with van der Waals surface area (Å²) in [7, 11) is 3.50. The second-order valence-corrected chi connectivity index (χ2v) is 4.68. The zero-order valence-electron chi connectivity index (χ0n) is 11.1. The molecule has 4 heteroatoms. The van der Waals surface area contributed by atoms with Gasteiger partial charge in [-0.25, -0.2) is 0 Å². The zero-order valence-corrected chi connectivity index (χ0v) is 11.1. The first-order chi connectivity index (χ1) is 8.26. The first kappa shape index (κ1) is 14.6. The molecule has 17 heavy (non-hydrogen) atoms. The summed E-state index contributed by atoms with van der Waals surface area (Å²) in [6.45, 7) is 4.74. The third kappa shape index (κ3) is 6.17. The molecule has 4 nitrogen and oxygen atoms in total. The van der Waals surface area contributed by atoms with E-state index in [0.29, 0.717) is 5.92 Å². The molecule has 0 fully saturated rings. The molecule has 0 saturated carbocycles. The Bertz CT molecular complexity index is 221. The Balaban J connectivity index is 2.26. The van der Waals surface area contributed by atoms with E-state index in [4.69, 9.17) is 15.2 Å². The molecule has 0 aliphatic heterocycles. The van der Waals surface area contributed by atoms with E-state index in [1.165, 1.54) is 0 Å². The third-order valence-corrected chi connectivity index (χ3v) is 3.13. The van der Waals surface area contributed by atoms with E-state index in [9.17, 15) is 0 Å². The highest BCUT2D eigenvalue weighted by Gasteiger charge is 2.18. The van der Waals surface area contributed by atoms with Crippen LogP contribution in [0.25, 0.3) is 0 Å². The van der Waals surface area contributed by atoms with Gasteiger partial charge in [-0.05, 0) is 18.8 Å². The largest absolute Gasteiger partial charge is 0.385 e.